The van der Waals surface area contributed by atoms with Crippen LogP contribution in [0.5, 0.6) is 0 Å². The van der Waals surface area contributed by atoms with Gasteiger partial charge in [0.15, 0.2) is 0 Å². The third-order valence-corrected chi connectivity index (χ3v) is 5.99. The summed E-state index contributed by atoms with van der Waals surface area (Å²) in [5, 5.41) is 0. The number of benzene rings is 1. The van der Waals surface area contributed by atoms with E-state index >= 15 is 0 Å². The largest absolute Gasteiger partial charge is 0.324 e. The summed E-state index contributed by atoms with van der Waals surface area (Å²) in [7, 11) is 0. The molecule has 0 aliphatic heterocycles. The average molecular weight is 292 g/mol. The predicted octanol–water partition coefficient (Wildman–Crippen LogP) is 3.74. The van der Waals surface area contributed by atoms with Gasteiger partial charge in [-0.15, -0.1) is 0 Å². The van der Waals surface area contributed by atoms with E-state index < -0.39 is 0 Å². The maximum absolute atomic E-state index is 6.48. The first-order valence-electron chi connectivity index (χ1n) is 6.77. The van der Waals surface area contributed by atoms with E-state index in [4.69, 9.17) is 5.73 Å². The van der Waals surface area contributed by atoms with Gasteiger partial charge in [0.05, 0.1) is 0 Å². The number of nitrogens with two attached hydrogens (primary N) is 1. The van der Waals surface area contributed by atoms with Crippen LogP contribution in [0.25, 0.3) is 0 Å². The molecular weight excluding hydrogens is 274 g/mol. The van der Waals surface area contributed by atoms with Crippen LogP contribution in [0.4, 0.5) is 0 Å². The molecule has 3 fully saturated rings. The number of hydrogen-bond acceptors (Lipinski definition) is 1. The van der Waals surface area contributed by atoms with Gasteiger partial charge in [-0.2, -0.15) is 0 Å². The smallest absolute Gasteiger partial charge is 0.0329 e. The van der Waals surface area contributed by atoms with Gasteiger partial charge in [-0.05, 0) is 66.5 Å². The van der Waals surface area contributed by atoms with Gasteiger partial charge in [0.25, 0.3) is 0 Å². The zero-order chi connectivity index (χ0) is 11.6. The van der Waals surface area contributed by atoms with Crippen LogP contribution in [0.3, 0.4) is 0 Å². The molecule has 2 bridgehead atoms. The monoisotopic (exact) mass is 291 g/mol. The zero-order valence-electron chi connectivity index (χ0n) is 9.85. The normalized spacial score (nSPS) is 43.5. The molecule has 3 aliphatic carbocycles. The van der Waals surface area contributed by atoms with Gasteiger partial charge in [-0.1, -0.05) is 28.1 Å². The number of rotatable bonds is 2. The van der Waals surface area contributed by atoms with Gasteiger partial charge in [-0.25, -0.2) is 0 Å². The summed E-state index contributed by atoms with van der Waals surface area (Å²) >= 11 is 3.48. The van der Waals surface area contributed by atoms with Gasteiger partial charge in [-0.3, -0.25) is 0 Å². The van der Waals surface area contributed by atoms with Crippen molar-refractivity contribution in [2.75, 3.05) is 0 Å². The Hall–Kier alpha value is -0.340. The van der Waals surface area contributed by atoms with E-state index in [1.807, 2.05) is 0 Å². The van der Waals surface area contributed by atoms with Crippen molar-refractivity contribution in [1.82, 2.24) is 0 Å². The fourth-order valence-corrected chi connectivity index (χ4v) is 5.04. The summed E-state index contributed by atoms with van der Waals surface area (Å²) in [6.07, 6.45) is 4.48. The Kier molecular flexibility index (Phi) is 2.23. The summed E-state index contributed by atoms with van der Waals surface area (Å²) in [6, 6.07) is 8.88. The lowest BCUT2D eigenvalue weighted by molar-refractivity contribution is 0.417. The van der Waals surface area contributed by atoms with Gasteiger partial charge in [0, 0.05) is 10.5 Å². The molecule has 90 valence electrons. The van der Waals surface area contributed by atoms with Crippen LogP contribution >= 0.6 is 15.9 Å². The van der Waals surface area contributed by atoms with Crippen molar-refractivity contribution in [3.63, 3.8) is 0 Å². The van der Waals surface area contributed by atoms with Crippen molar-refractivity contribution in [2.24, 2.45) is 35.3 Å². The van der Waals surface area contributed by atoms with E-state index in [9.17, 15) is 0 Å². The summed E-state index contributed by atoms with van der Waals surface area (Å²) in [6.45, 7) is 0. The highest BCUT2D eigenvalue weighted by atomic mass is 79.9. The minimum atomic E-state index is 0.279. The highest BCUT2D eigenvalue weighted by Crippen LogP contribution is 2.71. The minimum absolute atomic E-state index is 0.279. The molecule has 0 amide bonds. The molecule has 2 N–H and O–H groups in total. The molecule has 4 rings (SSSR count). The van der Waals surface area contributed by atoms with Crippen molar-refractivity contribution in [3.05, 3.63) is 34.3 Å². The van der Waals surface area contributed by atoms with Crippen molar-refractivity contribution >= 4 is 15.9 Å². The third-order valence-electron chi connectivity index (χ3n) is 5.46. The van der Waals surface area contributed by atoms with Crippen molar-refractivity contribution < 1.29 is 0 Å². The Morgan fingerprint density at radius 3 is 2.24 bits per heavy atom. The summed E-state index contributed by atoms with van der Waals surface area (Å²) in [5.74, 6) is 4.80. The molecule has 3 aliphatic rings. The first-order chi connectivity index (χ1) is 8.25. The Morgan fingerprint density at radius 2 is 1.65 bits per heavy atom. The van der Waals surface area contributed by atoms with Crippen molar-refractivity contribution in [1.29, 1.82) is 0 Å². The van der Waals surface area contributed by atoms with Gasteiger partial charge in [0.2, 0.25) is 0 Å². The standard InChI is InChI=1S/C15H18BrN/c16-11-5-3-8(4-6-11)15(17)14-12-9-1-2-10(7-9)13(12)14/h3-6,9-10,12-15H,1-2,7,17H2. The van der Waals surface area contributed by atoms with Gasteiger partial charge >= 0.3 is 0 Å². The van der Waals surface area contributed by atoms with E-state index in [-0.39, 0.29) is 6.04 Å². The van der Waals surface area contributed by atoms with Crippen molar-refractivity contribution in [2.45, 2.75) is 25.3 Å². The second kappa shape index (κ2) is 3.58. The second-order valence-electron chi connectivity index (χ2n) is 6.14. The highest BCUT2D eigenvalue weighted by Gasteiger charge is 2.66. The fraction of sp³-hybridized carbons (Fsp3) is 0.600. The second-order valence-corrected chi connectivity index (χ2v) is 7.06. The Labute approximate surface area is 111 Å². The molecule has 0 aromatic heterocycles. The van der Waals surface area contributed by atoms with Crippen LogP contribution in [0.15, 0.2) is 28.7 Å². The first kappa shape index (κ1) is 10.6. The van der Waals surface area contributed by atoms with E-state index in [1.54, 1.807) is 0 Å². The van der Waals surface area contributed by atoms with Crippen LogP contribution in [-0.4, -0.2) is 0 Å². The molecule has 0 spiro atoms. The van der Waals surface area contributed by atoms with E-state index in [0.29, 0.717) is 0 Å². The molecule has 0 heterocycles. The highest BCUT2D eigenvalue weighted by molar-refractivity contribution is 9.10. The molecule has 0 radical (unpaired) electrons. The zero-order valence-corrected chi connectivity index (χ0v) is 11.4. The van der Waals surface area contributed by atoms with Gasteiger partial charge < -0.3 is 5.73 Å². The number of halogens is 1. The van der Waals surface area contributed by atoms with Crippen LogP contribution in [0.1, 0.15) is 30.9 Å². The van der Waals surface area contributed by atoms with Crippen LogP contribution < -0.4 is 5.73 Å². The van der Waals surface area contributed by atoms with Crippen LogP contribution in [0, 0.1) is 29.6 Å². The molecule has 1 aromatic rings. The van der Waals surface area contributed by atoms with E-state index in [2.05, 4.69) is 40.2 Å². The lowest BCUT2D eigenvalue weighted by Crippen LogP contribution is -2.17. The molecule has 3 saturated carbocycles. The maximum atomic E-state index is 6.48. The molecular formula is C15H18BrN. The average Bonchev–Trinajstić information content (AvgIpc) is 2.77. The Balaban J connectivity index is 1.55. The topological polar surface area (TPSA) is 26.0 Å². The molecule has 17 heavy (non-hydrogen) atoms. The Morgan fingerprint density at radius 1 is 1.06 bits per heavy atom. The summed E-state index contributed by atoms with van der Waals surface area (Å²) in [4.78, 5) is 0. The number of hydrogen-bond donors (Lipinski definition) is 1. The molecule has 5 atom stereocenters. The quantitative estimate of drug-likeness (QED) is 0.883. The first-order valence-corrected chi connectivity index (χ1v) is 7.56. The van der Waals surface area contributed by atoms with Crippen molar-refractivity contribution in [3.8, 4) is 0 Å². The van der Waals surface area contributed by atoms with Gasteiger partial charge in [0.1, 0.15) is 0 Å². The third kappa shape index (κ3) is 1.47. The van der Waals surface area contributed by atoms with Crippen LogP contribution in [0.2, 0.25) is 0 Å². The lowest BCUT2D eigenvalue weighted by Gasteiger charge is -2.16. The molecule has 2 heteroatoms. The molecule has 5 unspecified atom stereocenters. The minimum Gasteiger partial charge on any atom is -0.324 e. The van der Waals surface area contributed by atoms with E-state index in [0.717, 1.165) is 34.1 Å². The molecule has 1 aromatic carbocycles. The predicted molar refractivity (Wildman–Crippen MR) is 72.4 cm³/mol. The summed E-state index contributed by atoms with van der Waals surface area (Å²) in [5.41, 5.74) is 7.80. The van der Waals surface area contributed by atoms with Crippen LogP contribution in [-0.2, 0) is 0 Å². The van der Waals surface area contributed by atoms with E-state index in [1.165, 1.54) is 24.8 Å². The SMILES string of the molecule is NC(c1ccc(Br)cc1)C1C2C3CCC(C3)C21. The Bertz CT molecular complexity index is 425. The molecule has 0 saturated heterocycles. The number of fused-ring (bicyclic) bond motifs is 5. The lowest BCUT2D eigenvalue weighted by atomic mass is 9.94. The summed E-state index contributed by atoms with van der Waals surface area (Å²) < 4.78 is 1.14. The maximum Gasteiger partial charge on any atom is 0.0329 e. The fourth-order valence-electron chi connectivity index (χ4n) is 4.78. The molecule has 1 nitrogen and oxygen atoms in total.